The molecule has 2 aromatic rings. The molecule has 0 saturated heterocycles. The van der Waals surface area contributed by atoms with Crippen LogP contribution in [-0.2, 0) is 0 Å². The Hall–Kier alpha value is -1.97. The third-order valence-corrected chi connectivity index (χ3v) is 2.62. The molecular weight excluding hydrogens is 200 g/mol. The van der Waals surface area contributed by atoms with E-state index in [2.05, 4.69) is 53.6 Å². The van der Waals surface area contributed by atoms with Crippen molar-refractivity contribution in [1.82, 2.24) is 10.2 Å². The molecule has 1 heterocycles. The molecule has 16 heavy (non-hydrogen) atoms. The Morgan fingerprint density at radius 1 is 1.31 bits per heavy atom. The second-order valence-corrected chi connectivity index (χ2v) is 3.97. The zero-order valence-electron chi connectivity index (χ0n) is 9.49. The van der Waals surface area contributed by atoms with E-state index in [4.69, 9.17) is 5.73 Å². The lowest BCUT2D eigenvalue weighted by Gasteiger charge is -2.14. The number of nitrogens with one attached hydrogen (secondary N) is 2. The molecule has 0 saturated carbocycles. The Balaban J connectivity index is 2.11. The zero-order chi connectivity index (χ0) is 11.5. The lowest BCUT2D eigenvalue weighted by Crippen LogP contribution is -2.07. The van der Waals surface area contributed by atoms with E-state index in [1.54, 1.807) is 6.20 Å². The smallest absolute Gasteiger partial charge is 0.142 e. The highest BCUT2D eigenvalue weighted by molar-refractivity contribution is 5.60. The molecule has 4 N–H and O–H groups in total. The van der Waals surface area contributed by atoms with Crippen LogP contribution in [0.4, 0.5) is 11.5 Å². The number of aromatic nitrogens is 2. The van der Waals surface area contributed by atoms with Crippen LogP contribution in [0.3, 0.4) is 0 Å². The first-order chi connectivity index (χ1) is 7.66. The average Bonchev–Trinajstić information content (AvgIpc) is 2.65. The minimum absolute atomic E-state index is 0.209. The highest BCUT2D eigenvalue weighted by Gasteiger charge is 2.07. The Morgan fingerprint density at radius 3 is 2.56 bits per heavy atom. The predicted octanol–water partition coefficient (Wildman–Crippen LogP) is 2.47. The second kappa shape index (κ2) is 4.26. The Kier molecular flexibility index (Phi) is 2.81. The molecule has 0 aliphatic carbocycles. The van der Waals surface area contributed by atoms with Crippen molar-refractivity contribution in [3.05, 3.63) is 41.6 Å². The van der Waals surface area contributed by atoms with Crippen molar-refractivity contribution in [3.63, 3.8) is 0 Å². The minimum atomic E-state index is 0.209. The van der Waals surface area contributed by atoms with E-state index in [9.17, 15) is 0 Å². The van der Waals surface area contributed by atoms with Crippen LogP contribution in [0.1, 0.15) is 24.1 Å². The van der Waals surface area contributed by atoms with Crippen LogP contribution in [0.15, 0.2) is 30.5 Å². The summed E-state index contributed by atoms with van der Waals surface area (Å²) in [4.78, 5) is 0. The fourth-order valence-corrected chi connectivity index (χ4v) is 1.58. The van der Waals surface area contributed by atoms with Crippen LogP contribution in [0.25, 0.3) is 0 Å². The van der Waals surface area contributed by atoms with Gasteiger partial charge in [0.25, 0.3) is 0 Å². The van der Waals surface area contributed by atoms with Crippen LogP contribution in [0.2, 0.25) is 0 Å². The molecule has 4 nitrogen and oxygen atoms in total. The number of nitrogen functional groups attached to an aromatic ring is 1. The van der Waals surface area contributed by atoms with E-state index in [0.29, 0.717) is 5.82 Å². The summed E-state index contributed by atoms with van der Waals surface area (Å²) >= 11 is 0. The highest BCUT2D eigenvalue weighted by atomic mass is 15.2. The van der Waals surface area contributed by atoms with Gasteiger partial charge in [0, 0.05) is 6.04 Å². The molecule has 0 bridgehead atoms. The number of rotatable bonds is 3. The first kappa shape index (κ1) is 10.5. The standard InChI is InChI=1S/C12H16N4/c1-8-3-5-10(6-4-8)9(2)15-11-7-14-16-12(11)13/h3-7,9,15H,1-2H3,(H3,13,14,16). The number of anilines is 2. The molecule has 84 valence electrons. The Labute approximate surface area is 94.9 Å². The van der Waals surface area contributed by atoms with E-state index >= 15 is 0 Å². The van der Waals surface area contributed by atoms with Gasteiger partial charge in [0.05, 0.1) is 11.9 Å². The fourth-order valence-electron chi connectivity index (χ4n) is 1.58. The second-order valence-electron chi connectivity index (χ2n) is 3.97. The minimum Gasteiger partial charge on any atom is -0.382 e. The van der Waals surface area contributed by atoms with E-state index in [1.165, 1.54) is 11.1 Å². The summed E-state index contributed by atoms with van der Waals surface area (Å²) in [5, 5.41) is 9.88. The quantitative estimate of drug-likeness (QED) is 0.738. The summed E-state index contributed by atoms with van der Waals surface area (Å²) < 4.78 is 0. The van der Waals surface area contributed by atoms with Crippen molar-refractivity contribution in [3.8, 4) is 0 Å². The lowest BCUT2D eigenvalue weighted by atomic mass is 10.1. The van der Waals surface area contributed by atoms with Gasteiger partial charge in [-0.05, 0) is 19.4 Å². The lowest BCUT2D eigenvalue weighted by molar-refractivity contribution is 0.885. The number of H-pyrrole nitrogens is 1. The van der Waals surface area contributed by atoms with Gasteiger partial charge < -0.3 is 11.1 Å². The largest absolute Gasteiger partial charge is 0.382 e. The molecule has 1 atom stereocenters. The van der Waals surface area contributed by atoms with Gasteiger partial charge in [-0.2, -0.15) is 5.10 Å². The van der Waals surface area contributed by atoms with Crippen LogP contribution >= 0.6 is 0 Å². The highest BCUT2D eigenvalue weighted by Crippen LogP contribution is 2.22. The maximum absolute atomic E-state index is 5.71. The molecule has 2 rings (SSSR count). The van der Waals surface area contributed by atoms with E-state index in [1.807, 2.05) is 0 Å². The first-order valence-electron chi connectivity index (χ1n) is 5.29. The van der Waals surface area contributed by atoms with Crippen LogP contribution in [-0.4, -0.2) is 10.2 Å². The van der Waals surface area contributed by atoms with E-state index < -0.39 is 0 Å². The van der Waals surface area contributed by atoms with Gasteiger partial charge in [-0.1, -0.05) is 29.8 Å². The summed E-state index contributed by atoms with van der Waals surface area (Å²) in [5.41, 5.74) is 9.04. The maximum Gasteiger partial charge on any atom is 0.142 e. The third kappa shape index (κ3) is 2.16. The Bertz CT molecular complexity index is 458. The van der Waals surface area contributed by atoms with Gasteiger partial charge in [-0.25, -0.2) is 0 Å². The van der Waals surface area contributed by atoms with Crippen molar-refractivity contribution in [1.29, 1.82) is 0 Å². The molecule has 1 aromatic heterocycles. The van der Waals surface area contributed by atoms with Crippen LogP contribution < -0.4 is 11.1 Å². The first-order valence-corrected chi connectivity index (χ1v) is 5.29. The number of hydrogen-bond donors (Lipinski definition) is 3. The van der Waals surface area contributed by atoms with Gasteiger partial charge in [-0.15, -0.1) is 0 Å². The SMILES string of the molecule is Cc1ccc(C(C)Nc2cn[nH]c2N)cc1. The van der Waals surface area contributed by atoms with Crippen molar-refractivity contribution in [2.45, 2.75) is 19.9 Å². The molecule has 4 heteroatoms. The molecule has 1 unspecified atom stereocenters. The molecular formula is C12H16N4. The molecule has 0 radical (unpaired) electrons. The maximum atomic E-state index is 5.71. The average molecular weight is 216 g/mol. The van der Waals surface area contributed by atoms with Crippen molar-refractivity contribution < 1.29 is 0 Å². The van der Waals surface area contributed by atoms with Crippen molar-refractivity contribution >= 4 is 11.5 Å². The number of aryl methyl sites for hydroxylation is 1. The topological polar surface area (TPSA) is 66.7 Å². The van der Waals surface area contributed by atoms with Crippen molar-refractivity contribution in [2.75, 3.05) is 11.1 Å². The summed E-state index contributed by atoms with van der Waals surface area (Å²) in [6.07, 6.45) is 1.69. The third-order valence-electron chi connectivity index (χ3n) is 2.62. The summed E-state index contributed by atoms with van der Waals surface area (Å²) in [5.74, 6) is 0.568. The summed E-state index contributed by atoms with van der Waals surface area (Å²) in [6, 6.07) is 8.64. The number of hydrogen-bond acceptors (Lipinski definition) is 3. The predicted molar refractivity (Wildman–Crippen MR) is 66.2 cm³/mol. The normalized spacial score (nSPS) is 12.4. The summed E-state index contributed by atoms with van der Waals surface area (Å²) in [6.45, 7) is 4.17. The zero-order valence-corrected chi connectivity index (χ0v) is 9.49. The molecule has 0 aliphatic rings. The van der Waals surface area contributed by atoms with Gasteiger partial charge in [-0.3, -0.25) is 5.10 Å². The Morgan fingerprint density at radius 2 is 2.00 bits per heavy atom. The monoisotopic (exact) mass is 216 g/mol. The number of nitrogens with two attached hydrogens (primary N) is 1. The van der Waals surface area contributed by atoms with Crippen LogP contribution in [0, 0.1) is 6.92 Å². The van der Waals surface area contributed by atoms with Gasteiger partial charge >= 0.3 is 0 Å². The number of benzene rings is 1. The van der Waals surface area contributed by atoms with Crippen molar-refractivity contribution in [2.24, 2.45) is 0 Å². The number of aromatic amines is 1. The molecule has 0 aliphatic heterocycles. The van der Waals surface area contributed by atoms with E-state index in [-0.39, 0.29) is 6.04 Å². The fraction of sp³-hybridized carbons (Fsp3) is 0.250. The molecule has 0 spiro atoms. The van der Waals surface area contributed by atoms with Gasteiger partial charge in [0.1, 0.15) is 5.82 Å². The molecule has 0 fully saturated rings. The van der Waals surface area contributed by atoms with Gasteiger partial charge in [0.15, 0.2) is 0 Å². The summed E-state index contributed by atoms with van der Waals surface area (Å²) in [7, 11) is 0. The molecule has 0 amide bonds. The molecule has 1 aromatic carbocycles. The van der Waals surface area contributed by atoms with Crippen LogP contribution in [0.5, 0.6) is 0 Å². The number of nitrogens with zero attached hydrogens (tertiary/aromatic N) is 1. The van der Waals surface area contributed by atoms with Gasteiger partial charge in [0.2, 0.25) is 0 Å². The van der Waals surface area contributed by atoms with E-state index in [0.717, 1.165) is 5.69 Å².